The minimum absolute atomic E-state index is 0.450. The fourth-order valence-corrected chi connectivity index (χ4v) is 2.98. The second-order valence-electron chi connectivity index (χ2n) is 4.89. The van der Waals surface area contributed by atoms with Gasteiger partial charge in [0.25, 0.3) is 0 Å². The Morgan fingerprint density at radius 1 is 1.23 bits per heavy atom. The molecule has 0 aromatic rings. The average molecular weight is 182 g/mol. The van der Waals surface area contributed by atoms with Crippen molar-refractivity contribution in [3.63, 3.8) is 0 Å². The van der Waals surface area contributed by atoms with Gasteiger partial charge in [-0.2, -0.15) is 0 Å². The Kier molecular flexibility index (Phi) is 2.89. The number of likely N-dealkylation sites (tertiary alicyclic amines) is 1. The van der Waals surface area contributed by atoms with Crippen LogP contribution in [-0.2, 0) is 0 Å². The molecule has 1 heterocycles. The summed E-state index contributed by atoms with van der Waals surface area (Å²) in [6.45, 7) is 1.21. The normalized spacial score (nSPS) is 37.4. The van der Waals surface area contributed by atoms with Crippen molar-refractivity contribution in [3.8, 4) is 0 Å². The quantitative estimate of drug-likeness (QED) is 0.703. The standard InChI is InChI=1S/C11H22N2/c1-13-7-6-10(12)11(13)8-9-4-2-3-5-9/h9-11H,2-8,12H2,1H3. The molecular weight excluding hydrogens is 160 g/mol. The molecule has 1 aliphatic heterocycles. The maximum Gasteiger partial charge on any atom is 0.0247 e. The number of nitrogens with zero attached hydrogens (tertiary/aromatic N) is 1. The number of hydrogen-bond acceptors (Lipinski definition) is 2. The zero-order chi connectivity index (χ0) is 9.26. The Morgan fingerprint density at radius 2 is 1.92 bits per heavy atom. The third-order valence-corrected chi connectivity index (χ3v) is 3.93. The Labute approximate surface area is 81.5 Å². The molecule has 2 fully saturated rings. The second kappa shape index (κ2) is 3.97. The first-order valence-electron chi connectivity index (χ1n) is 5.73. The first-order chi connectivity index (χ1) is 6.27. The SMILES string of the molecule is CN1CCC(N)C1CC1CCCC1. The van der Waals surface area contributed by atoms with Gasteiger partial charge in [-0.3, -0.25) is 0 Å². The van der Waals surface area contributed by atoms with Crippen molar-refractivity contribution in [1.82, 2.24) is 4.90 Å². The lowest BCUT2D eigenvalue weighted by atomic mass is 9.95. The fourth-order valence-electron chi connectivity index (χ4n) is 2.98. The molecule has 0 amide bonds. The molecule has 2 rings (SSSR count). The molecule has 76 valence electrons. The Hall–Kier alpha value is -0.0800. The van der Waals surface area contributed by atoms with Gasteiger partial charge < -0.3 is 10.6 Å². The molecule has 2 nitrogen and oxygen atoms in total. The van der Waals surface area contributed by atoms with Gasteiger partial charge >= 0.3 is 0 Å². The summed E-state index contributed by atoms with van der Waals surface area (Å²) in [6, 6.07) is 1.13. The maximum atomic E-state index is 6.11. The van der Waals surface area contributed by atoms with Gasteiger partial charge in [-0.1, -0.05) is 25.7 Å². The van der Waals surface area contributed by atoms with Gasteiger partial charge in [0, 0.05) is 12.1 Å². The van der Waals surface area contributed by atoms with Crippen molar-refractivity contribution in [2.24, 2.45) is 11.7 Å². The van der Waals surface area contributed by atoms with Crippen molar-refractivity contribution in [1.29, 1.82) is 0 Å². The Balaban J connectivity index is 1.85. The third kappa shape index (κ3) is 2.05. The Morgan fingerprint density at radius 3 is 2.46 bits per heavy atom. The number of hydrogen-bond donors (Lipinski definition) is 1. The van der Waals surface area contributed by atoms with E-state index >= 15 is 0 Å². The molecule has 2 N–H and O–H groups in total. The van der Waals surface area contributed by atoms with Crippen LogP contribution in [0.25, 0.3) is 0 Å². The predicted octanol–water partition coefficient (Wildman–Crippen LogP) is 1.60. The lowest BCUT2D eigenvalue weighted by Crippen LogP contribution is -2.38. The summed E-state index contributed by atoms with van der Waals surface area (Å²) in [4.78, 5) is 2.46. The van der Waals surface area contributed by atoms with Gasteiger partial charge in [0.1, 0.15) is 0 Å². The van der Waals surface area contributed by atoms with Gasteiger partial charge in [0.15, 0.2) is 0 Å². The smallest absolute Gasteiger partial charge is 0.0247 e. The molecule has 0 spiro atoms. The highest BCUT2D eigenvalue weighted by Crippen LogP contribution is 2.32. The summed E-state index contributed by atoms with van der Waals surface area (Å²) >= 11 is 0. The fraction of sp³-hybridized carbons (Fsp3) is 1.00. The van der Waals surface area contributed by atoms with Gasteiger partial charge in [0.05, 0.1) is 0 Å². The van der Waals surface area contributed by atoms with E-state index in [0.717, 1.165) is 5.92 Å². The molecule has 0 aromatic heterocycles. The molecule has 2 heteroatoms. The molecule has 2 atom stereocenters. The van der Waals surface area contributed by atoms with Crippen LogP contribution in [-0.4, -0.2) is 30.6 Å². The zero-order valence-corrected chi connectivity index (χ0v) is 8.71. The van der Waals surface area contributed by atoms with Crippen molar-refractivity contribution in [2.75, 3.05) is 13.6 Å². The van der Waals surface area contributed by atoms with E-state index in [9.17, 15) is 0 Å². The number of likely N-dealkylation sites (N-methyl/N-ethyl adjacent to an activating group) is 1. The van der Waals surface area contributed by atoms with Crippen LogP contribution < -0.4 is 5.73 Å². The van der Waals surface area contributed by atoms with Crippen LogP contribution >= 0.6 is 0 Å². The van der Waals surface area contributed by atoms with E-state index in [-0.39, 0.29) is 0 Å². The zero-order valence-electron chi connectivity index (χ0n) is 8.71. The highest BCUT2D eigenvalue weighted by atomic mass is 15.2. The van der Waals surface area contributed by atoms with Crippen molar-refractivity contribution in [3.05, 3.63) is 0 Å². The van der Waals surface area contributed by atoms with Crippen LogP contribution in [0.2, 0.25) is 0 Å². The molecule has 2 unspecified atom stereocenters. The minimum Gasteiger partial charge on any atom is -0.326 e. The summed E-state index contributed by atoms with van der Waals surface area (Å²) in [5.41, 5.74) is 6.11. The summed E-state index contributed by atoms with van der Waals surface area (Å²) < 4.78 is 0. The van der Waals surface area contributed by atoms with E-state index in [1.165, 1.54) is 45.1 Å². The highest BCUT2D eigenvalue weighted by Gasteiger charge is 2.31. The van der Waals surface area contributed by atoms with Crippen molar-refractivity contribution in [2.45, 2.75) is 50.6 Å². The van der Waals surface area contributed by atoms with Gasteiger partial charge in [0.2, 0.25) is 0 Å². The molecule has 2 aliphatic rings. The first-order valence-corrected chi connectivity index (χ1v) is 5.73. The highest BCUT2D eigenvalue weighted by molar-refractivity contribution is 4.90. The van der Waals surface area contributed by atoms with E-state index in [4.69, 9.17) is 5.73 Å². The number of rotatable bonds is 2. The largest absolute Gasteiger partial charge is 0.326 e. The molecule has 1 saturated heterocycles. The van der Waals surface area contributed by atoms with Crippen LogP contribution in [0, 0.1) is 5.92 Å². The summed E-state index contributed by atoms with van der Waals surface area (Å²) in [5, 5.41) is 0. The van der Waals surface area contributed by atoms with E-state index < -0.39 is 0 Å². The first kappa shape index (κ1) is 9.47. The molecule has 13 heavy (non-hydrogen) atoms. The monoisotopic (exact) mass is 182 g/mol. The predicted molar refractivity (Wildman–Crippen MR) is 55.6 cm³/mol. The van der Waals surface area contributed by atoms with Crippen molar-refractivity contribution < 1.29 is 0 Å². The van der Waals surface area contributed by atoms with Gasteiger partial charge in [-0.05, 0) is 32.4 Å². The van der Waals surface area contributed by atoms with E-state index in [0.29, 0.717) is 12.1 Å². The van der Waals surface area contributed by atoms with Crippen molar-refractivity contribution >= 4 is 0 Å². The van der Waals surface area contributed by atoms with Crippen LogP contribution in [0.4, 0.5) is 0 Å². The number of nitrogens with two attached hydrogens (primary N) is 1. The molecular formula is C11H22N2. The van der Waals surface area contributed by atoms with E-state index in [1.54, 1.807) is 0 Å². The Bertz CT molecular complexity index is 153. The summed E-state index contributed by atoms with van der Waals surface area (Å²) in [5.74, 6) is 0.983. The van der Waals surface area contributed by atoms with Crippen LogP contribution in [0.5, 0.6) is 0 Å². The molecule has 0 aromatic carbocycles. The summed E-state index contributed by atoms with van der Waals surface area (Å²) in [7, 11) is 2.23. The average Bonchev–Trinajstić information content (AvgIpc) is 2.70. The molecule has 1 saturated carbocycles. The second-order valence-corrected chi connectivity index (χ2v) is 4.89. The van der Waals surface area contributed by atoms with Gasteiger partial charge in [-0.25, -0.2) is 0 Å². The van der Waals surface area contributed by atoms with E-state index in [2.05, 4.69) is 11.9 Å². The lowest BCUT2D eigenvalue weighted by molar-refractivity contribution is 0.249. The van der Waals surface area contributed by atoms with Crippen LogP contribution in [0.3, 0.4) is 0 Å². The van der Waals surface area contributed by atoms with Crippen LogP contribution in [0.15, 0.2) is 0 Å². The molecule has 0 bridgehead atoms. The third-order valence-electron chi connectivity index (χ3n) is 3.93. The lowest BCUT2D eigenvalue weighted by Gasteiger charge is -2.25. The molecule has 0 radical (unpaired) electrons. The topological polar surface area (TPSA) is 29.3 Å². The van der Waals surface area contributed by atoms with E-state index in [1.807, 2.05) is 0 Å². The molecule has 1 aliphatic carbocycles. The van der Waals surface area contributed by atoms with Gasteiger partial charge in [-0.15, -0.1) is 0 Å². The summed E-state index contributed by atoms with van der Waals surface area (Å²) in [6.07, 6.45) is 8.38. The van der Waals surface area contributed by atoms with Crippen LogP contribution in [0.1, 0.15) is 38.5 Å². The maximum absolute atomic E-state index is 6.11. The minimum atomic E-state index is 0.450.